The lowest BCUT2D eigenvalue weighted by Gasteiger charge is -2.15. The molecule has 0 spiro atoms. The number of nitrogens with zero attached hydrogens (tertiary/aromatic N) is 3. The van der Waals surface area contributed by atoms with E-state index in [-0.39, 0.29) is 5.91 Å². The molecule has 0 aromatic carbocycles. The number of hydrogen-bond acceptors (Lipinski definition) is 4. The van der Waals surface area contributed by atoms with Crippen LogP contribution in [0.4, 0.5) is 5.13 Å². The Bertz CT molecular complexity index is 886. The Morgan fingerprint density at radius 3 is 2.74 bits per heavy atom. The van der Waals surface area contributed by atoms with Crippen LogP contribution in [0.3, 0.4) is 0 Å². The molecule has 0 saturated carbocycles. The predicted molar refractivity (Wildman–Crippen MR) is 93.9 cm³/mol. The van der Waals surface area contributed by atoms with E-state index in [0.717, 1.165) is 21.9 Å². The number of carbonyl (C=O) groups excluding carboxylic acids is 1. The van der Waals surface area contributed by atoms with Gasteiger partial charge in [0.2, 0.25) is 5.91 Å². The van der Waals surface area contributed by atoms with E-state index in [4.69, 9.17) is 0 Å². The van der Waals surface area contributed by atoms with Crippen LogP contribution in [0.25, 0.3) is 16.2 Å². The van der Waals surface area contributed by atoms with E-state index in [9.17, 15) is 4.79 Å². The normalized spacial score (nSPS) is 11.9. The van der Waals surface area contributed by atoms with Gasteiger partial charge in [-0.1, -0.05) is 32.1 Å². The topological polar surface area (TPSA) is 59.3 Å². The van der Waals surface area contributed by atoms with Gasteiger partial charge >= 0.3 is 0 Å². The maximum Gasteiger partial charge on any atom is 0.231 e. The Hall–Kier alpha value is -2.21. The van der Waals surface area contributed by atoms with Crippen molar-refractivity contribution in [3.05, 3.63) is 35.8 Å². The standard InChI is InChI=1S/C17H20N4OS/c1-10-6-7-21-13(8-10)19-11(2)14(21)12-9-18-16(23-12)20-15(22)17(3,4)5/h6-9H,1-5H3,(H,18,20,22). The lowest BCUT2D eigenvalue weighted by Crippen LogP contribution is -2.27. The number of anilines is 1. The summed E-state index contributed by atoms with van der Waals surface area (Å²) in [4.78, 5) is 22.0. The molecule has 3 rings (SSSR count). The molecule has 23 heavy (non-hydrogen) atoms. The number of imidazole rings is 1. The first kappa shape index (κ1) is 15.7. The van der Waals surface area contributed by atoms with E-state index >= 15 is 0 Å². The highest BCUT2D eigenvalue weighted by molar-refractivity contribution is 7.19. The average molecular weight is 328 g/mol. The van der Waals surface area contributed by atoms with E-state index in [0.29, 0.717) is 5.13 Å². The first-order valence-corrected chi connectivity index (χ1v) is 8.30. The number of pyridine rings is 1. The largest absolute Gasteiger partial charge is 0.302 e. The average Bonchev–Trinajstić information content (AvgIpc) is 3.00. The summed E-state index contributed by atoms with van der Waals surface area (Å²) in [6, 6.07) is 4.11. The van der Waals surface area contributed by atoms with Gasteiger partial charge in [0.05, 0.1) is 16.3 Å². The van der Waals surface area contributed by atoms with Crippen molar-refractivity contribution in [2.24, 2.45) is 5.41 Å². The third kappa shape index (κ3) is 2.99. The number of amides is 1. The number of aryl methyl sites for hydroxylation is 2. The number of aromatic nitrogens is 3. The van der Waals surface area contributed by atoms with Crippen molar-refractivity contribution in [1.82, 2.24) is 14.4 Å². The van der Waals surface area contributed by atoms with Gasteiger partial charge in [0.15, 0.2) is 5.13 Å². The van der Waals surface area contributed by atoms with Crippen molar-refractivity contribution >= 4 is 28.0 Å². The summed E-state index contributed by atoms with van der Waals surface area (Å²) >= 11 is 1.46. The third-order valence-corrected chi connectivity index (χ3v) is 4.52. The Labute approximate surface area is 139 Å². The second-order valence-electron chi connectivity index (χ2n) is 6.71. The minimum absolute atomic E-state index is 0.0381. The maximum absolute atomic E-state index is 12.1. The molecule has 3 aromatic heterocycles. The Kier molecular flexibility index (Phi) is 3.72. The molecule has 6 heteroatoms. The van der Waals surface area contributed by atoms with Gasteiger partial charge in [-0.05, 0) is 31.5 Å². The third-order valence-electron chi connectivity index (χ3n) is 3.60. The molecule has 5 nitrogen and oxygen atoms in total. The van der Waals surface area contributed by atoms with E-state index in [1.807, 2.05) is 33.9 Å². The van der Waals surface area contributed by atoms with E-state index < -0.39 is 5.41 Å². The van der Waals surface area contributed by atoms with Gasteiger partial charge in [-0.15, -0.1) is 0 Å². The molecule has 0 fully saturated rings. The molecule has 3 aromatic rings. The van der Waals surface area contributed by atoms with Crippen LogP contribution in [0.1, 0.15) is 32.0 Å². The van der Waals surface area contributed by atoms with Crippen molar-refractivity contribution in [1.29, 1.82) is 0 Å². The van der Waals surface area contributed by atoms with Crippen molar-refractivity contribution < 1.29 is 4.79 Å². The fraction of sp³-hybridized carbons (Fsp3) is 0.353. The molecule has 1 amide bonds. The number of thiazole rings is 1. The highest BCUT2D eigenvalue weighted by Crippen LogP contribution is 2.32. The van der Waals surface area contributed by atoms with Crippen LogP contribution in [0, 0.1) is 19.3 Å². The smallest absolute Gasteiger partial charge is 0.231 e. The molecular formula is C17H20N4OS. The molecule has 120 valence electrons. The van der Waals surface area contributed by atoms with E-state index in [1.54, 1.807) is 6.20 Å². The van der Waals surface area contributed by atoms with Crippen LogP contribution in [-0.2, 0) is 4.79 Å². The van der Waals surface area contributed by atoms with Gasteiger partial charge in [0.1, 0.15) is 5.65 Å². The maximum atomic E-state index is 12.1. The minimum Gasteiger partial charge on any atom is -0.302 e. The first-order valence-electron chi connectivity index (χ1n) is 7.48. The van der Waals surface area contributed by atoms with Gasteiger partial charge in [0.25, 0.3) is 0 Å². The number of hydrogen-bond donors (Lipinski definition) is 1. The zero-order valence-electron chi connectivity index (χ0n) is 14.0. The van der Waals surface area contributed by atoms with Crippen LogP contribution in [0.5, 0.6) is 0 Å². The molecule has 3 heterocycles. The summed E-state index contributed by atoms with van der Waals surface area (Å²) in [5.74, 6) is -0.0381. The lowest BCUT2D eigenvalue weighted by atomic mass is 9.96. The second-order valence-corrected chi connectivity index (χ2v) is 7.74. The Balaban J connectivity index is 1.98. The quantitative estimate of drug-likeness (QED) is 0.772. The molecule has 0 atom stereocenters. The van der Waals surface area contributed by atoms with Crippen LogP contribution in [0.15, 0.2) is 24.5 Å². The summed E-state index contributed by atoms with van der Waals surface area (Å²) < 4.78 is 2.06. The zero-order valence-corrected chi connectivity index (χ0v) is 14.8. The van der Waals surface area contributed by atoms with Crippen molar-refractivity contribution in [2.75, 3.05) is 5.32 Å². The number of fused-ring (bicyclic) bond motifs is 1. The van der Waals surface area contributed by atoms with E-state index in [2.05, 4.69) is 38.7 Å². The van der Waals surface area contributed by atoms with Gasteiger partial charge in [-0.3, -0.25) is 9.20 Å². The van der Waals surface area contributed by atoms with Gasteiger partial charge < -0.3 is 5.32 Å². The molecule has 0 aliphatic rings. The molecule has 0 bridgehead atoms. The van der Waals surface area contributed by atoms with Gasteiger partial charge in [-0.25, -0.2) is 9.97 Å². The Morgan fingerprint density at radius 2 is 2.04 bits per heavy atom. The summed E-state index contributed by atoms with van der Waals surface area (Å²) in [6.45, 7) is 9.69. The molecule has 0 aliphatic heterocycles. The highest BCUT2D eigenvalue weighted by Gasteiger charge is 2.22. The zero-order chi connectivity index (χ0) is 16.8. The molecule has 1 N–H and O–H groups in total. The SMILES string of the molecule is Cc1ccn2c(-c3cnc(NC(=O)C(C)(C)C)s3)c(C)nc2c1. The van der Waals surface area contributed by atoms with Crippen LogP contribution >= 0.6 is 11.3 Å². The lowest BCUT2D eigenvalue weighted by molar-refractivity contribution is -0.123. The van der Waals surface area contributed by atoms with Crippen molar-refractivity contribution in [3.63, 3.8) is 0 Å². The number of rotatable bonds is 2. The summed E-state index contributed by atoms with van der Waals surface area (Å²) in [5, 5.41) is 3.49. The summed E-state index contributed by atoms with van der Waals surface area (Å²) in [6.07, 6.45) is 3.81. The van der Waals surface area contributed by atoms with Gasteiger partial charge in [-0.2, -0.15) is 0 Å². The van der Waals surface area contributed by atoms with Crippen molar-refractivity contribution in [2.45, 2.75) is 34.6 Å². The summed E-state index contributed by atoms with van der Waals surface area (Å²) in [7, 11) is 0. The van der Waals surface area contributed by atoms with Crippen LogP contribution in [-0.4, -0.2) is 20.3 Å². The fourth-order valence-electron chi connectivity index (χ4n) is 2.29. The number of carbonyl (C=O) groups is 1. The number of nitrogens with one attached hydrogen (secondary N) is 1. The molecular weight excluding hydrogens is 308 g/mol. The van der Waals surface area contributed by atoms with Gasteiger partial charge in [0, 0.05) is 17.8 Å². The monoisotopic (exact) mass is 328 g/mol. The predicted octanol–water partition coefficient (Wildman–Crippen LogP) is 4.06. The van der Waals surface area contributed by atoms with Crippen LogP contribution in [0.2, 0.25) is 0 Å². The Morgan fingerprint density at radius 1 is 1.30 bits per heavy atom. The van der Waals surface area contributed by atoms with Crippen molar-refractivity contribution in [3.8, 4) is 10.6 Å². The fourth-order valence-corrected chi connectivity index (χ4v) is 3.19. The first-order chi connectivity index (χ1) is 10.8. The highest BCUT2D eigenvalue weighted by atomic mass is 32.1. The van der Waals surface area contributed by atoms with Crippen LogP contribution < -0.4 is 5.32 Å². The summed E-state index contributed by atoms with van der Waals surface area (Å²) in [5.41, 5.74) is 3.63. The van der Waals surface area contributed by atoms with E-state index in [1.165, 1.54) is 16.9 Å². The second kappa shape index (κ2) is 5.45. The minimum atomic E-state index is -0.442. The molecule has 0 saturated heterocycles. The molecule has 0 radical (unpaired) electrons. The molecule has 0 unspecified atom stereocenters. The molecule has 0 aliphatic carbocycles.